The zero-order chi connectivity index (χ0) is 24.3. The van der Waals surface area contributed by atoms with Gasteiger partial charge in [0.1, 0.15) is 23.9 Å². The largest absolute Gasteiger partial charge is 0.317 e. The molecule has 6 rings (SSSR count). The lowest BCUT2D eigenvalue weighted by Gasteiger charge is -2.31. The van der Waals surface area contributed by atoms with Crippen molar-refractivity contribution in [3.8, 4) is 0 Å². The third-order valence-corrected chi connectivity index (χ3v) is 6.76. The summed E-state index contributed by atoms with van der Waals surface area (Å²) in [6.07, 6.45) is 0.386. The number of amides is 1. The van der Waals surface area contributed by atoms with E-state index in [-0.39, 0.29) is 18.1 Å². The molecule has 0 radical (unpaired) electrons. The molecule has 1 aromatic heterocycles. The monoisotopic (exact) mass is 473 g/mol. The fourth-order valence-electron chi connectivity index (χ4n) is 5.08. The van der Waals surface area contributed by atoms with Crippen LogP contribution in [0.25, 0.3) is 11.0 Å². The molecule has 0 spiro atoms. The zero-order valence-electron chi connectivity index (χ0n) is 19.9. The first-order valence-corrected chi connectivity index (χ1v) is 12.3. The van der Waals surface area contributed by atoms with Crippen molar-refractivity contribution in [2.45, 2.75) is 31.8 Å². The van der Waals surface area contributed by atoms with Gasteiger partial charge in [-0.2, -0.15) is 15.0 Å². The van der Waals surface area contributed by atoms with E-state index < -0.39 is 0 Å². The van der Waals surface area contributed by atoms with Crippen molar-refractivity contribution >= 4 is 16.9 Å². The Kier molecular flexibility index (Phi) is 6.01. The molecule has 1 aliphatic rings. The van der Waals surface area contributed by atoms with E-state index in [2.05, 4.69) is 41.3 Å². The van der Waals surface area contributed by atoms with Gasteiger partial charge in [-0.15, -0.1) is 0 Å². The van der Waals surface area contributed by atoms with Gasteiger partial charge in [0.25, 0.3) is 0 Å². The molecule has 0 bridgehead atoms. The lowest BCUT2D eigenvalue weighted by atomic mass is 10.0. The predicted molar refractivity (Wildman–Crippen MR) is 139 cm³/mol. The Morgan fingerprint density at radius 2 is 1.17 bits per heavy atom. The first kappa shape index (κ1) is 22.2. The highest BCUT2D eigenvalue weighted by Crippen LogP contribution is 2.37. The number of rotatable bonds is 7. The van der Waals surface area contributed by atoms with Gasteiger partial charge in [-0.05, 0) is 35.2 Å². The third kappa shape index (κ3) is 4.39. The molecule has 1 fully saturated rings. The Morgan fingerprint density at radius 3 is 1.78 bits per heavy atom. The Morgan fingerprint density at radius 1 is 0.639 bits per heavy atom. The van der Waals surface area contributed by atoms with Crippen LogP contribution in [0.4, 0.5) is 0 Å². The summed E-state index contributed by atoms with van der Waals surface area (Å²) < 4.78 is 0. The molecule has 6 nitrogen and oxygen atoms in total. The quantitative estimate of drug-likeness (QED) is 0.332. The number of hydrogen-bond donors (Lipinski definition) is 0. The van der Waals surface area contributed by atoms with Gasteiger partial charge in [-0.3, -0.25) is 4.79 Å². The summed E-state index contributed by atoms with van der Waals surface area (Å²) in [5.74, 6) is 0.119. The topological polar surface area (TPSA) is 54.3 Å². The molecule has 36 heavy (non-hydrogen) atoms. The van der Waals surface area contributed by atoms with Crippen LogP contribution in [-0.2, 0) is 24.4 Å². The summed E-state index contributed by atoms with van der Waals surface area (Å²) in [7, 11) is 0. The number of hydrogen-bond acceptors (Lipinski definition) is 4. The molecule has 0 N–H and O–H groups in total. The van der Waals surface area contributed by atoms with Crippen molar-refractivity contribution in [1.29, 1.82) is 0 Å². The molecule has 1 amide bonds. The molecule has 5 aromatic rings. The lowest BCUT2D eigenvalue weighted by Crippen LogP contribution is -2.38. The van der Waals surface area contributed by atoms with Gasteiger partial charge in [-0.1, -0.05) is 103 Å². The number of fused-ring (bicyclic) bond motifs is 1. The summed E-state index contributed by atoms with van der Waals surface area (Å²) in [5, 5.41) is 9.43. The Hall–Kier alpha value is -4.29. The maximum atomic E-state index is 14.1. The van der Waals surface area contributed by atoms with Gasteiger partial charge in [0.05, 0.1) is 6.04 Å². The molecule has 178 valence electrons. The van der Waals surface area contributed by atoms with Gasteiger partial charge >= 0.3 is 0 Å². The first-order chi connectivity index (χ1) is 17.8. The summed E-state index contributed by atoms with van der Waals surface area (Å²) in [5.41, 5.74) is 5.01. The van der Waals surface area contributed by atoms with Crippen LogP contribution in [0.5, 0.6) is 0 Å². The second kappa shape index (κ2) is 9.76. The predicted octanol–water partition coefficient (Wildman–Crippen LogP) is 5.04. The minimum Gasteiger partial charge on any atom is -0.317 e. The average molecular weight is 474 g/mol. The van der Waals surface area contributed by atoms with Crippen LogP contribution >= 0.6 is 0 Å². The van der Waals surface area contributed by atoms with E-state index in [9.17, 15) is 4.79 Å². The highest BCUT2D eigenvalue weighted by molar-refractivity contribution is 5.85. The Balaban J connectivity index is 1.43. The molecule has 0 unspecified atom stereocenters. The normalized spacial score (nSPS) is 18.2. The van der Waals surface area contributed by atoms with Crippen LogP contribution in [0.15, 0.2) is 115 Å². The number of benzene rings is 4. The molecule has 0 aliphatic carbocycles. The number of aromatic nitrogens is 3. The minimum absolute atomic E-state index is 0.119. The molecule has 1 saturated heterocycles. The van der Waals surface area contributed by atoms with Crippen molar-refractivity contribution < 1.29 is 4.79 Å². The van der Waals surface area contributed by atoms with Gasteiger partial charge in [0.2, 0.25) is 5.91 Å². The van der Waals surface area contributed by atoms with E-state index in [0.717, 1.165) is 27.7 Å². The van der Waals surface area contributed by atoms with E-state index in [0.29, 0.717) is 19.6 Å². The summed E-state index contributed by atoms with van der Waals surface area (Å²) in [6, 6.07) is 38.2. The van der Waals surface area contributed by atoms with Gasteiger partial charge in [-0.25, -0.2) is 4.90 Å². The minimum atomic E-state index is -0.338. The molecule has 2 heterocycles. The van der Waals surface area contributed by atoms with Crippen molar-refractivity contribution in [2.24, 2.45) is 0 Å². The van der Waals surface area contributed by atoms with E-state index in [1.807, 2.05) is 83.8 Å². The molecular formula is C30H27N5O. The molecule has 4 aromatic carbocycles. The van der Waals surface area contributed by atoms with Crippen molar-refractivity contribution in [2.75, 3.05) is 0 Å². The third-order valence-electron chi connectivity index (χ3n) is 6.76. The summed E-state index contributed by atoms with van der Waals surface area (Å²) >= 11 is 0. The van der Waals surface area contributed by atoms with Crippen LogP contribution in [0.3, 0.4) is 0 Å². The van der Waals surface area contributed by atoms with Crippen LogP contribution in [0.2, 0.25) is 0 Å². The number of carbonyl (C=O) groups is 1. The van der Waals surface area contributed by atoms with Crippen LogP contribution in [-0.4, -0.2) is 36.7 Å². The molecule has 1 aliphatic heterocycles. The van der Waals surface area contributed by atoms with Crippen LogP contribution in [0, 0.1) is 0 Å². The van der Waals surface area contributed by atoms with Crippen LogP contribution in [0.1, 0.15) is 22.9 Å². The van der Waals surface area contributed by atoms with Gasteiger partial charge in [0, 0.05) is 6.54 Å². The van der Waals surface area contributed by atoms with E-state index >= 15 is 0 Å². The van der Waals surface area contributed by atoms with E-state index in [1.54, 1.807) is 4.80 Å². The lowest BCUT2D eigenvalue weighted by molar-refractivity contribution is -0.130. The van der Waals surface area contributed by atoms with Gasteiger partial charge in [0.15, 0.2) is 0 Å². The first-order valence-electron chi connectivity index (χ1n) is 12.3. The van der Waals surface area contributed by atoms with E-state index in [1.165, 1.54) is 0 Å². The average Bonchev–Trinajstić information content (AvgIpc) is 3.45. The number of carbonyl (C=O) groups excluding carboxylic acids is 1. The zero-order valence-corrected chi connectivity index (χ0v) is 19.9. The number of nitrogens with zero attached hydrogens (tertiary/aromatic N) is 5. The van der Waals surface area contributed by atoms with Crippen molar-refractivity contribution in [3.05, 3.63) is 132 Å². The second-order valence-electron chi connectivity index (χ2n) is 9.16. The molecule has 0 saturated carbocycles. The molecular weight excluding hydrogens is 446 g/mol. The second-order valence-corrected chi connectivity index (χ2v) is 9.16. The Labute approximate surface area is 210 Å². The maximum absolute atomic E-state index is 14.1. The fourth-order valence-corrected chi connectivity index (χ4v) is 5.08. The highest BCUT2D eigenvalue weighted by atomic mass is 16.2. The van der Waals surface area contributed by atoms with Crippen LogP contribution < -0.4 is 0 Å². The molecule has 6 heteroatoms. The Bertz CT molecular complexity index is 1420. The SMILES string of the molecule is O=C1[C@H](Cc2ccccc2)N(Cn2nc3ccccc3n2)[C@@H](c2ccccc2)N1Cc1ccccc1. The maximum Gasteiger partial charge on any atom is 0.242 e. The van der Waals surface area contributed by atoms with Crippen molar-refractivity contribution in [1.82, 2.24) is 24.8 Å². The van der Waals surface area contributed by atoms with Crippen molar-refractivity contribution in [3.63, 3.8) is 0 Å². The smallest absolute Gasteiger partial charge is 0.242 e. The fraction of sp³-hybridized carbons (Fsp3) is 0.167. The van der Waals surface area contributed by atoms with E-state index in [4.69, 9.17) is 10.2 Å². The summed E-state index contributed by atoms with van der Waals surface area (Å²) in [6.45, 7) is 0.943. The standard InChI is InChI=1S/C30H27N5O/c36-30-28(20-23-12-4-1-5-13-23)34(22-35-31-26-18-10-11-19-27(26)32-35)29(25-16-8-3-9-17-25)33(30)21-24-14-6-2-7-15-24/h1-19,28-29H,20-22H2/t28-,29-/m0/s1. The summed E-state index contributed by atoms with van der Waals surface area (Å²) in [4.78, 5) is 20.1. The van der Waals surface area contributed by atoms with Gasteiger partial charge < -0.3 is 4.90 Å². The highest BCUT2D eigenvalue weighted by Gasteiger charge is 2.46. The molecule has 2 atom stereocenters.